The molecule has 3 aliphatic carbocycles. The molecule has 0 spiro atoms. The fourth-order valence-corrected chi connectivity index (χ4v) is 7.06. The third-order valence-electron chi connectivity index (χ3n) is 8.72. The number of aromatic hydroxyl groups is 1. The van der Waals surface area contributed by atoms with Crippen molar-refractivity contribution in [1.82, 2.24) is 9.80 Å². The van der Waals surface area contributed by atoms with Crippen molar-refractivity contribution in [1.29, 1.82) is 0 Å². The quantitative estimate of drug-likeness (QED) is 0.274. The van der Waals surface area contributed by atoms with Crippen LogP contribution in [0.5, 0.6) is 5.75 Å². The van der Waals surface area contributed by atoms with E-state index in [9.17, 15) is 39.0 Å². The molecule has 2 amide bonds. The number of Topliss-reactive ketones (excluding diaryl/α,β-unsaturated/α-hetero) is 4. The molecule has 1 aromatic carbocycles. The molecule has 1 aromatic rings. The summed E-state index contributed by atoms with van der Waals surface area (Å²) in [5.74, 6) is -10.8. The highest BCUT2D eigenvalue weighted by molar-refractivity contribution is 6.32. The molecule has 3 aliphatic rings. The molecule has 0 aromatic heterocycles. The van der Waals surface area contributed by atoms with Gasteiger partial charge in [-0.1, -0.05) is 13.8 Å². The van der Waals surface area contributed by atoms with Crippen LogP contribution in [0.25, 0.3) is 0 Å². The molecule has 0 saturated heterocycles. The fraction of sp³-hybridized carbons (Fsp3) is 0.586. The number of fused-ring (bicyclic) bond motifs is 3. The molecule has 0 radical (unpaired) electrons. The van der Waals surface area contributed by atoms with E-state index in [1.165, 1.54) is 9.80 Å². The van der Waals surface area contributed by atoms with Crippen LogP contribution in [0.15, 0.2) is 6.07 Å². The van der Waals surface area contributed by atoms with Gasteiger partial charge in [0.1, 0.15) is 5.75 Å². The second-order valence-corrected chi connectivity index (χ2v) is 12.4. The molecular formula is C29H38N4O8. The third kappa shape index (κ3) is 4.62. The molecule has 41 heavy (non-hydrogen) atoms. The largest absolute Gasteiger partial charge is 0.507 e. The predicted molar refractivity (Wildman–Crippen MR) is 147 cm³/mol. The average Bonchev–Trinajstić information content (AvgIpc) is 2.86. The maximum Gasteiger partial charge on any atom is 0.235 e. The van der Waals surface area contributed by atoms with E-state index in [2.05, 4.69) is 0 Å². The smallest absolute Gasteiger partial charge is 0.235 e. The summed E-state index contributed by atoms with van der Waals surface area (Å²) in [6, 6.07) is 0.559. The van der Waals surface area contributed by atoms with E-state index < -0.39 is 64.4 Å². The van der Waals surface area contributed by atoms with Gasteiger partial charge in [0.05, 0.1) is 17.5 Å². The number of phenolic OH excluding ortho intramolecular Hbond substituents is 1. The molecule has 0 bridgehead atoms. The number of hydrogen-bond acceptors (Lipinski definition) is 10. The zero-order chi connectivity index (χ0) is 30.7. The molecule has 2 saturated carbocycles. The lowest BCUT2D eigenvalue weighted by Crippen LogP contribution is -2.74. The first-order valence-electron chi connectivity index (χ1n) is 13.7. The van der Waals surface area contributed by atoms with E-state index >= 15 is 0 Å². The zero-order valence-corrected chi connectivity index (χ0v) is 24.2. The van der Waals surface area contributed by atoms with Gasteiger partial charge in [-0.05, 0) is 50.4 Å². The molecule has 0 aliphatic heterocycles. The number of nitrogens with zero attached hydrogens (tertiary/aromatic N) is 3. The summed E-state index contributed by atoms with van der Waals surface area (Å²) < 4.78 is 0. The minimum absolute atomic E-state index is 0.0212. The number of aliphatic hydroxyl groups is 1. The van der Waals surface area contributed by atoms with Crippen LogP contribution in [-0.2, 0) is 36.9 Å². The van der Waals surface area contributed by atoms with Gasteiger partial charge >= 0.3 is 0 Å². The van der Waals surface area contributed by atoms with Crippen LogP contribution in [0, 0.1) is 29.6 Å². The minimum Gasteiger partial charge on any atom is -0.507 e. The zero-order valence-electron chi connectivity index (χ0n) is 24.2. The van der Waals surface area contributed by atoms with Gasteiger partial charge in [0.15, 0.2) is 34.7 Å². The molecule has 0 heterocycles. The number of ketones is 4. The third-order valence-corrected chi connectivity index (χ3v) is 8.72. The molecule has 6 atom stereocenters. The number of phenols is 1. The highest BCUT2D eigenvalue weighted by Crippen LogP contribution is 2.52. The van der Waals surface area contributed by atoms with Gasteiger partial charge in [-0.3, -0.25) is 33.7 Å². The van der Waals surface area contributed by atoms with E-state index in [-0.39, 0.29) is 36.6 Å². The number of carbonyl (C=O) groups excluding carboxylic acids is 6. The first kappa shape index (κ1) is 30.3. The van der Waals surface area contributed by atoms with Crippen molar-refractivity contribution in [2.45, 2.75) is 44.9 Å². The number of primary amides is 1. The van der Waals surface area contributed by atoms with Crippen LogP contribution in [0.2, 0.25) is 0 Å². The van der Waals surface area contributed by atoms with Gasteiger partial charge < -0.3 is 25.7 Å². The van der Waals surface area contributed by atoms with Gasteiger partial charge in [-0.15, -0.1) is 0 Å². The molecule has 222 valence electrons. The van der Waals surface area contributed by atoms with Crippen LogP contribution in [0.1, 0.15) is 41.8 Å². The summed E-state index contributed by atoms with van der Waals surface area (Å²) in [6.07, 6.45) is 0.807. The number of rotatable bonds is 8. The second kappa shape index (κ2) is 10.6. The number of amides is 2. The number of anilines is 1. The molecular weight excluding hydrogens is 532 g/mol. The molecule has 12 nitrogen and oxygen atoms in total. The number of benzene rings is 1. The van der Waals surface area contributed by atoms with Crippen molar-refractivity contribution >= 4 is 41.1 Å². The van der Waals surface area contributed by atoms with Crippen molar-refractivity contribution < 1.29 is 39.0 Å². The Hall–Kier alpha value is -3.64. The first-order chi connectivity index (χ1) is 19.1. The number of hydrogen-bond donors (Lipinski definition) is 3. The minimum atomic E-state index is -2.78. The predicted octanol–water partition coefficient (Wildman–Crippen LogP) is -0.453. The maximum absolute atomic E-state index is 14.1. The van der Waals surface area contributed by atoms with Crippen LogP contribution in [0.4, 0.5) is 5.69 Å². The summed E-state index contributed by atoms with van der Waals surface area (Å²) in [4.78, 5) is 83.4. The Balaban J connectivity index is 1.86. The molecule has 6 unspecified atom stereocenters. The summed E-state index contributed by atoms with van der Waals surface area (Å²) in [5, 5.41) is 23.1. The molecule has 4 N–H and O–H groups in total. The monoisotopic (exact) mass is 570 g/mol. The van der Waals surface area contributed by atoms with Gasteiger partial charge in [0.2, 0.25) is 12.3 Å². The Kier molecular flexibility index (Phi) is 7.87. The van der Waals surface area contributed by atoms with Crippen molar-refractivity contribution in [3.8, 4) is 5.75 Å². The van der Waals surface area contributed by atoms with Crippen LogP contribution < -0.4 is 10.6 Å². The Bertz CT molecular complexity index is 1340. The summed E-state index contributed by atoms with van der Waals surface area (Å²) >= 11 is 0. The Morgan fingerprint density at radius 3 is 2.29 bits per heavy atom. The summed E-state index contributed by atoms with van der Waals surface area (Å²) in [5.41, 5.74) is 3.94. The normalized spacial score (nSPS) is 29.2. The number of nitrogens with two attached hydrogens (primary N) is 1. The fourth-order valence-electron chi connectivity index (χ4n) is 7.06. The van der Waals surface area contributed by atoms with Crippen LogP contribution in [-0.4, -0.2) is 102 Å². The van der Waals surface area contributed by atoms with Gasteiger partial charge in [0.25, 0.3) is 0 Å². The number of carbonyl (C=O) groups is 6. The van der Waals surface area contributed by atoms with Crippen molar-refractivity contribution in [3.05, 3.63) is 22.8 Å². The Labute approximate surface area is 238 Å². The van der Waals surface area contributed by atoms with Gasteiger partial charge in [-0.2, -0.15) is 0 Å². The van der Waals surface area contributed by atoms with Gasteiger partial charge in [-0.25, -0.2) is 0 Å². The van der Waals surface area contributed by atoms with Crippen LogP contribution >= 0.6 is 0 Å². The van der Waals surface area contributed by atoms with Crippen molar-refractivity contribution in [2.75, 3.05) is 39.6 Å². The summed E-state index contributed by atoms with van der Waals surface area (Å²) in [7, 11) is 6.63. The number of likely N-dealkylation sites (N-methyl/N-ethyl adjacent to an activating group) is 1. The van der Waals surface area contributed by atoms with E-state index in [1.54, 1.807) is 39.2 Å². The standard InChI is InChI=1S/C29H38N4O8/c1-13(2)10-33(12-34)11-15-9-18(31(3)4)16-7-14-8-17-22(32(5)6)25(37)21(28(30)40)27(39)29(17,41)26(38)19(14)24(36)20(16)23(15)35/h9,12-14,17,19,21-22,35,41H,7-8,10-11H2,1-6H3,(H2,30,40). The first-order valence-corrected chi connectivity index (χ1v) is 13.7. The topological polar surface area (TPSA) is 179 Å². The van der Waals surface area contributed by atoms with E-state index in [4.69, 9.17) is 5.73 Å². The molecule has 12 heteroatoms. The lowest BCUT2D eigenvalue weighted by molar-refractivity contribution is -0.181. The highest BCUT2D eigenvalue weighted by atomic mass is 16.3. The molecule has 2 fully saturated rings. The lowest BCUT2D eigenvalue weighted by atomic mass is 9.52. The maximum atomic E-state index is 14.1. The van der Waals surface area contributed by atoms with E-state index in [0.29, 0.717) is 29.8 Å². The van der Waals surface area contributed by atoms with Crippen molar-refractivity contribution in [2.24, 2.45) is 35.3 Å². The van der Waals surface area contributed by atoms with E-state index in [0.717, 1.165) is 0 Å². The second-order valence-electron chi connectivity index (χ2n) is 12.4. The van der Waals surface area contributed by atoms with E-state index in [1.807, 2.05) is 13.8 Å². The SMILES string of the molecule is CC(C)CN(C=O)Cc1cc(N(C)C)c2c(c1O)C(=O)C1C(=O)C3(O)C(=O)C(C(N)=O)C(=O)C(N(C)C)C3CC1C2. The lowest BCUT2D eigenvalue weighted by Gasteiger charge is -2.52. The van der Waals surface area contributed by atoms with Crippen LogP contribution in [0.3, 0.4) is 0 Å². The van der Waals surface area contributed by atoms with Gasteiger partial charge in [0, 0.05) is 44.4 Å². The Morgan fingerprint density at radius 2 is 1.78 bits per heavy atom. The highest BCUT2D eigenvalue weighted by Gasteiger charge is 2.69. The van der Waals surface area contributed by atoms with Crippen molar-refractivity contribution in [3.63, 3.8) is 0 Å². The molecule has 4 rings (SSSR count). The average molecular weight is 571 g/mol. The summed E-state index contributed by atoms with van der Waals surface area (Å²) in [6.45, 7) is 4.31. The Morgan fingerprint density at radius 1 is 1.15 bits per heavy atom.